The molecule has 1 saturated heterocycles. The molecule has 6 heteroatoms. The van der Waals surface area contributed by atoms with E-state index in [2.05, 4.69) is 73.2 Å². The van der Waals surface area contributed by atoms with Gasteiger partial charge in [0.05, 0.1) is 22.8 Å². The van der Waals surface area contributed by atoms with Gasteiger partial charge >= 0.3 is 0 Å². The second-order valence-electron chi connectivity index (χ2n) is 9.70. The first-order valence-corrected chi connectivity index (χ1v) is 12.5. The number of amides is 1. The Hall–Kier alpha value is -3.51. The van der Waals surface area contributed by atoms with Crippen LogP contribution in [0.4, 0.5) is 0 Å². The average Bonchev–Trinajstić information content (AvgIpc) is 3.17. The number of pyridine rings is 1. The van der Waals surface area contributed by atoms with E-state index in [1.165, 1.54) is 5.56 Å². The minimum atomic E-state index is 0.0668. The zero-order valence-electron chi connectivity index (χ0n) is 20.8. The van der Waals surface area contributed by atoms with Crippen LogP contribution >= 0.6 is 0 Å². The van der Waals surface area contributed by atoms with E-state index < -0.39 is 0 Å². The van der Waals surface area contributed by atoms with E-state index in [0.29, 0.717) is 12.1 Å². The van der Waals surface area contributed by atoms with Crippen LogP contribution < -0.4 is 0 Å². The summed E-state index contributed by atoms with van der Waals surface area (Å²) in [7, 11) is 0. The summed E-state index contributed by atoms with van der Waals surface area (Å²) in [6, 6.07) is 20.9. The molecule has 1 fully saturated rings. The Morgan fingerprint density at radius 3 is 2.51 bits per heavy atom. The molecule has 0 saturated carbocycles. The molecular weight excluding hydrogens is 434 g/mol. The summed E-state index contributed by atoms with van der Waals surface area (Å²) in [5.41, 5.74) is 5.78. The molecule has 6 nitrogen and oxygen atoms in total. The summed E-state index contributed by atoms with van der Waals surface area (Å²) in [6.45, 7) is 10.5. The van der Waals surface area contributed by atoms with Gasteiger partial charge in [0.2, 0.25) is 0 Å². The normalized spacial score (nSPS) is 15.0. The highest BCUT2D eigenvalue weighted by atomic mass is 16.2. The number of nitrogens with zero attached hydrogens (tertiary/aromatic N) is 5. The largest absolute Gasteiger partial charge is 0.337 e. The highest BCUT2D eigenvalue weighted by Gasteiger charge is 2.25. The molecule has 35 heavy (non-hydrogen) atoms. The van der Waals surface area contributed by atoms with Crippen molar-refractivity contribution in [2.45, 2.75) is 39.8 Å². The van der Waals surface area contributed by atoms with Gasteiger partial charge in [-0.2, -0.15) is 5.10 Å². The smallest absolute Gasteiger partial charge is 0.254 e. The summed E-state index contributed by atoms with van der Waals surface area (Å²) in [4.78, 5) is 23.3. The third-order valence-electron chi connectivity index (χ3n) is 6.83. The van der Waals surface area contributed by atoms with Gasteiger partial charge < -0.3 is 4.90 Å². The number of aryl methyl sites for hydroxylation is 1. The highest BCUT2D eigenvalue weighted by Crippen LogP contribution is 2.29. The van der Waals surface area contributed by atoms with Crippen LogP contribution in [0.25, 0.3) is 22.3 Å². The zero-order valence-corrected chi connectivity index (χ0v) is 20.8. The van der Waals surface area contributed by atoms with Gasteiger partial charge in [-0.05, 0) is 44.4 Å². The molecule has 2 aromatic heterocycles. The van der Waals surface area contributed by atoms with Crippen molar-refractivity contribution in [2.24, 2.45) is 0 Å². The van der Waals surface area contributed by atoms with Crippen molar-refractivity contribution in [2.75, 3.05) is 26.2 Å². The maximum absolute atomic E-state index is 13.9. The second-order valence-corrected chi connectivity index (χ2v) is 9.70. The highest BCUT2D eigenvalue weighted by molar-refractivity contribution is 6.06. The Balaban J connectivity index is 1.46. The Bertz CT molecular complexity index is 1330. The predicted octanol–water partition coefficient (Wildman–Crippen LogP) is 5.34. The number of carbonyl (C=O) groups excluding carboxylic acids is 1. The Labute approximate surface area is 207 Å². The molecule has 0 spiro atoms. The standard InChI is InChI=1S/C29H33N5O/c1-21(2)34-28-26(19-30-34)25(18-27(31-28)24-13-8-7-10-22(24)3)29(35)33-15-9-14-32(16-17-33)20-23-11-5-4-6-12-23/h4-8,10-13,18-19,21H,9,14-17,20H2,1-3H3. The van der Waals surface area contributed by atoms with E-state index in [-0.39, 0.29) is 11.9 Å². The first-order valence-electron chi connectivity index (χ1n) is 12.5. The lowest BCUT2D eigenvalue weighted by Gasteiger charge is -2.23. The van der Waals surface area contributed by atoms with Crippen molar-refractivity contribution in [1.82, 2.24) is 24.6 Å². The fourth-order valence-electron chi connectivity index (χ4n) is 4.92. The van der Waals surface area contributed by atoms with Crippen molar-refractivity contribution in [3.05, 3.63) is 83.6 Å². The third kappa shape index (κ3) is 4.84. The molecule has 0 bridgehead atoms. The maximum Gasteiger partial charge on any atom is 0.254 e. The molecule has 0 N–H and O–H groups in total. The van der Waals surface area contributed by atoms with Gasteiger partial charge in [0.25, 0.3) is 5.91 Å². The lowest BCUT2D eigenvalue weighted by atomic mass is 10.0. The van der Waals surface area contributed by atoms with Gasteiger partial charge in [0.1, 0.15) is 0 Å². The third-order valence-corrected chi connectivity index (χ3v) is 6.83. The van der Waals surface area contributed by atoms with E-state index in [9.17, 15) is 4.79 Å². The molecule has 0 radical (unpaired) electrons. The van der Waals surface area contributed by atoms with E-state index in [1.54, 1.807) is 6.20 Å². The first-order chi connectivity index (χ1) is 17.0. The van der Waals surface area contributed by atoms with Crippen LogP contribution in [0.3, 0.4) is 0 Å². The van der Waals surface area contributed by atoms with Gasteiger partial charge in [0.15, 0.2) is 5.65 Å². The van der Waals surface area contributed by atoms with Crippen LogP contribution in [-0.2, 0) is 6.54 Å². The molecule has 2 aromatic carbocycles. The van der Waals surface area contributed by atoms with Crippen LogP contribution in [0.1, 0.15) is 47.8 Å². The predicted molar refractivity (Wildman–Crippen MR) is 140 cm³/mol. The number of carbonyl (C=O) groups is 1. The molecule has 1 aliphatic rings. The molecule has 1 aliphatic heterocycles. The quantitative estimate of drug-likeness (QED) is 0.398. The summed E-state index contributed by atoms with van der Waals surface area (Å²) < 4.78 is 1.91. The Kier molecular flexibility index (Phi) is 6.64. The van der Waals surface area contributed by atoms with E-state index in [0.717, 1.165) is 60.5 Å². The van der Waals surface area contributed by atoms with Crippen LogP contribution in [0.2, 0.25) is 0 Å². The fourth-order valence-corrected chi connectivity index (χ4v) is 4.92. The summed E-state index contributed by atoms with van der Waals surface area (Å²) >= 11 is 0. The van der Waals surface area contributed by atoms with Crippen LogP contribution in [0.15, 0.2) is 66.9 Å². The number of benzene rings is 2. The Morgan fingerprint density at radius 2 is 1.74 bits per heavy atom. The molecule has 180 valence electrons. The van der Waals surface area contributed by atoms with Gasteiger partial charge in [-0.25, -0.2) is 9.67 Å². The number of hydrogen-bond acceptors (Lipinski definition) is 4. The van der Waals surface area contributed by atoms with E-state index in [1.807, 2.05) is 27.8 Å². The molecule has 0 aliphatic carbocycles. The molecule has 1 amide bonds. The lowest BCUT2D eigenvalue weighted by Crippen LogP contribution is -2.35. The van der Waals surface area contributed by atoms with E-state index in [4.69, 9.17) is 4.98 Å². The van der Waals surface area contributed by atoms with Gasteiger partial charge in [-0.15, -0.1) is 0 Å². The molecule has 4 aromatic rings. The molecule has 0 atom stereocenters. The van der Waals surface area contributed by atoms with Gasteiger partial charge in [-0.3, -0.25) is 9.69 Å². The summed E-state index contributed by atoms with van der Waals surface area (Å²) in [5, 5.41) is 5.42. The monoisotopic (exact) mass is 467 g/mol. The second kappa shape index (κ2) is 10.0. The van der Waals surface area contributed by atoms with Crippen molar-refractivity contribution in [3.63, 3.8) is 0 Å². The Morgan fingerprint density at radius 1 is 0.971 bits per heavy atom. The number of fused-ring (bicyclic) bond motifs is 1. The van der Waals surface area contributed by atoms with Crippen molar-refractivity contribution >= 4 is 16.9 Å². The molecule has 0 unspecified atom stereocenters. The van der Waals surface area contributed by atoms with E-state index >= 15 is 0 Å². The molecular formula is C29H33N5O. The number of hydrogen-bond donors (Lipinski definition) is 0. The first kappa shape index (κ1) is 23.2. The van der Waals surface area contributed by atoms with Crippen molar-refractivity contribution < 1.29 is 4.79 Å². The minimum absolute atomic E-state index is 0.0668. The summed E-state index contributed by atoms with van der Waals surface area (Å²) in [6.07, 6.45) is 2.76. The van der Waals surface area contributed by atoms with Gasteiger partial charge in [-0.1, -0.05) is 54.6 Å². The van der Waals surface area contributed by atoms with Crippen LogP contribution in [-0.4, -0.2) is 56.7 Å². The minimum Gasteiger partial charge on any atom is -0.337 e. The summed E-state index contributed by atoms with van der Waals surface area (Å²) in [5.74, 6) is 0.0668. The average molecular weight is 468 g/mol. The van der Waals surface area contributed by atoms with Crippen molar-refractivity contribution in [3.8, 4) is 11.3 Å². The molecule has 5 rings (SSSR count). The van der Waals surface area contributed by atoms with Gasteiger partial charge in [0, 0.05) is 44.3 Å². The van der Waals surface area contributed by atoms with Crippen molar-refractivity contribution in [1.29, 1.82) is 0 Å². The fraction of sp³-hybridized carbons (Fsp3) is 0.345. The zero-order chi connectivity index (χ0) is 24.4. The SMILES string of the molecule is Cc1ccccc1-c1cc(C(=O)N2CCCN(Cc3ccccc3)CC2)c2cnn(C(C)C)c2n1. The topological polar surface area (TPSA) is 54.3 Å². The number of aromatic nitrogens is 3. The number of rotatable bonds is 5. The van der Waals surface area contributed by atoms with Crippen LogP contribution in [0, 0.1) is 6.92 Å². The molecule has 3 heterocycles. The lowest BCUT2D eigenvalue weighted by molar-refractivity contribution is 0.0763. The van der Waals surface area contributed by atoms with Crippen LogP contribution in [0.5, 0.6) is 0 Å². The maximum atomic E-state index is 13.9.